The minimum atomic E-state index is -0.321. The fourth-order valence-corrected chi connectivity index (χ4v) is 4.05. The maximum atomic E-state index is 14.8. The highest BCUT2D eigenvalue weighted by molar-refractivity contribution is 6.30. The molecule has 0 saturated carbocycles. The van der Waals surface area contributed by atoms with Crippen LogP contribution in [-0.2, 0) is 6.61 Å². The van der Waals surface area contributed by atoms with Crippen LogP contribution >= 0.6 is 11.6 Å². The zero-order chi connectivity index (χ0) is 23.4. The Morgan fingerprint density at radius 2 is 1.88 bits per heavy atom. The molecule has 1 unspecified atom stereocenters. The lowest BCUT2D eigenvalue weighted by molar-refractivity contribution is 0.0993. The van der Waals surface area contributed by atoms with Gasteiger partial charge in [-0.2, -0.15) is 0 Å². The van der Waals surface area contributed by atoms with Crippen molar-refractivity contribution in [3.05, 3.63) is 88.7 Å². The zero-order valence-electron chi connectivity index (χ0n) is 18.7. The van der Waals surface area contributed by atoms with Crippen molar-refractivity contribution >= 4 is 28.9 Å². The van der Waals surface area contributed by atoms with E-state index < -0.39 is 0 Å². The smallest absolute Gasteiger partial charge is 0.258 e. The van der Waals surface area contributed by atoms with Crippen LogP contribution in [0.4, 0.5) is 15.8 Å². The molecule has 1 saturated heterocycles. The molecule has 1 amide bonds. The molecule has 1 atom stereocenters. The minimum absolute atomic E-state index is 0.205. The molecule has 7 heteroatoms. The first-order chi connectivity index (χ1) is 15.9. The van der Waals surface area contributed by atoms with Crippen molar-refractivity contribution in [1.82, 2.24) is 5.32 Å². The number of rotatable bonds is 7. The van der Waals surface area contributed by atoms with E-state index in [1.54, 1.807) is 43.4 Å². The molecule has 0 aliphatic carbocycles. The molecule has 1 fully saturated rings. The molecule has 0 aromatic heterocycles. The average molecular weight is 468 g/mol. The number of ether oxygens (including phenoxy) is 1. The van der Waals surface area contributed by atoms with Crippen LogP contribution in [0.5, 0.6) is 5.75 Å². The van der Waals surface area contributed by atoms with E-state index >= 15 is 0 Å². The quantitative estimate of drug-likeness (QED) is 0.523. The van der Waals surface area contributed by atoms with E-state index in [-0.39, 0.29) is 11.7 Å². The van der Waals surface area contributed by atoms with Crippen LogP contribution in [0.3, 0.4) is 0 Å². The van der Waals surface area contributed by atoms with Crippen LogP contribution in [0.1, 0.15) is 22.3 Å². The Bertz CT molecular complexity index is 1110. The highest BCUT2D eigenvalue weighted by Crippen LogP contribution is 2.28. The first kappa shape index (κ1) is 23.1. The predicted octanol–water partition coefficient (Wildman–Crippen LogP) is 5.13. The van der Waals surface area contributed by atoms with Gasteiger partial charge < -0.3 is 19.9 Å². The predicted molar refractivity (Wildman–Crippen MR) is 131 cm³/mol. The molecular weight excluding hydrogens is 441 g/mol. The molecule has 3 aromatic rings. The van der Waals surface area contributed by atoms with Gasteiger partial charge in [0.05, 0.1) is 5.69 Å². The van der Waals surface area contributed by atoms with Crippen molar-refractivity contribution in [2.24, 2.45) is 0 Å². The van der Waals surface area contributed by atoms with Gasteiger partial charge in [0.25, 0.3) is 5.91 Å². The summed E-state index contributed by atoms with van der Waals surface area (Å²) in [6, 6.07) is 19.7. The molecule has 0 radical (unpaired) electrons. The summed E-state index contributed by atoms with van der Waals surface area (Å²) >= 11 is 5.89. The van der Waals surface area contributed by atoms with Crippen LogP contribution in [0.25, 0.3) is 0 Å². The Morgan fingerprint density at radius 1 is 1.15 bits per heavy atom. The molecule has 1 N–H and O–H groups in total. The number of benzene rings is 3. The van der Waals surface area contributed by atoms with E-state index in [0.29, 0.717) is 34.6 Å². The fourth-order valence-electron chi connectivity index (χ4n) is 3.93. The first-order valence-corrected chi connectivity index (χ1v) is 11.3. The summed E-state index contributed by atoms with van der Waals surface area (Å²) in [6.45, 7) is 1.96. The average Bonchev–Trinajstić information content (AvgIpc) is 3.32. The van der Waals surface area contributed by atoms with E-state index in [0.717, 1.165) is 30.8 Å². The van der Waals surface area contributed by atoms with Gasteiger partial charge >= 0.3 is 0 Å². The molecule has 5 nitrogen and oxygen atoms in total. The number of halogens is 2. The van der Waals surface area contributed by atoms with Gasteiger partial charge in [0.1, 0.15) is 18.2 Å². The number of hydrogen-bond acceptors (Lipinski definition) is 4. The summed E-state index contributed by atoms with van der Waals surface area (Å²) in [4.78, 5) is 16.4. The topological polar surface area (TPSA) is 44.8 Å². The Kier molecular flexibility index (Phi) is 7.16. The number of anilines is 2. The Hall–Kier alpha value is -3.09. The van der Waals surface area contributed by atoms with Crippen molar-refractivity contribution < 1.29 is 13.9 Å². The maximum absolute atomic E-state index is 14.8. The van der Waals surface area contributed by atoms with Crippen molar-refractivity contribution in [3.8, 4) is 5.75 Å². The van der Waals surface area contributed by atoms with Crippen molar-refractivity contribution in [2.45, 2.75) is 19.1 Å². The van der Waals surface area contributed by atoms with E-state index in [1.807, 2.05) is 36.2 Å². The van der Waals surface area contributed by atoms with Gasteiger partial charge in [-0.3, -0.25) is 4.79 Å². The number of carbonyl (C=O) groups excluding carboxylic acids is 1. The lowest BCUT2D eigenvalue weighted by Gasteiger charge is -2.22. The second-order valence-corrected chi connectivity index (χ2v) is 8.60. The third-order valence-electron chi connectivity index (χ3n) is 5.98. The molecular formula is C26H27ClFN3O2. The molecule has 0 spiro atoms. The van der Waals surface area contributed by atoms with E-state index in [9.17, 15) is 9.18 Å². The Labute approximate surface area is 198 Å². The van der Waals surface area contributed by atoms with Gasteiger partial charge in [-0.15, -0.1) is 0 Å². The maximum Gasteiger partial charge on any atom is 0.258 e. The van der Waals surface area contributed by atoms with Crippen LogP contribution in [-0.4, -0.2) is 39.1 Å². The summed E-state index contributed by atoms with van der Waals surface area (Å²) in [7, 11) is 3.58. The Morgan fingerprint density at radius 3 is 2.52 bits per heavy atom. The molecule has 33 heavy (non-hydrogen) atoms. The highest BCUT2D eigenvalue weighted by atomic mass is 35.5. The molecule has 1 aliphatic heterocycles. The van der Waals surface area contributed by atoms with Gasteiger partial charge in [-0.1, -0.05) is 23.7 Å². The largest absolute Gasteiger partial charge is 0.489 e. The van der Waals surface area contributed by atoms with Crippen LogP contribution in [0.2, 0.25) is 5.02 Å². The Balaban J connectivity index is 1.39. The highest BCUT2D eigenvalue weighted by Gasteiger charge is 2.24. The third-order valence-corrected chi connectivity index (χ3v) is 6.23. The van der Waals surface area contributed by atoms with Crippen LogP contribution in [0.15, 0.2) is 66.7 Å². The van der Waals surface area contributed by atoms with E-state index in [4.69, 9.17) is 16.3 Å². The van der Waals surface area contributed by atoms with Gasteiger partial charge in [0.2, 0.25) is 0 Å². The molecule has 3 aromatic carbocycles. The standard InChI is InChI=1S/C26H27ClFN3O2/c1-29-21-13-14-31(16-21)25-12-9-22(15-24(25)28)30(2)26(32)19-5-3-18(4-6-19)17-33-23-10-7-20(27)8-11-23/h3-12,15,21,29H,13-14,16-17H2,1-2H3. The summed E-state index contributed by atoms with van der Waals surface area (Å²) in [5.41, 5.74) is 2.54. The number of carbonyl (C=O) groups is 1. The summed E-state index contributed by atoms with van der Waals surface area (Å²) in [5.74, 6) is 0.197. The van der Waals surface area contributed by atoms with Gasteiger partial charge in [0, 0.05) is 42.5 Å². The van der Waals surface area contributed by atoms with Crippen molar-refractivity contribution in [1.29, 1.82) is 0 Å². The second-order valence-electron chi connectivity index (χ2n) is 8.16. The van der Waals surface area contributed by atoms with Crippen molar-refractivity contribution in [3.63, 3.8) is 0 Å². The van der Waals surface area contributed by atoms with E-state index in [2.05, 4.69) is 5.32 Å². The van der Waals surface area contributed by atoms with Gasteiger partial charge in [-0.05, 0) is 73.6 Å². The number of likely N-dealkylation sites (N-methyl/N-ethyl adjacent to an activating group) is 1. The molecule has 4 rings (SSSR count). The van der Waals surface area contributed by atoms with E-state index in [1.165, 1.54) is 11.0 Å². The minimum Gasteiger partial charge on any atom is -0.489 e. The zero-order valence-corrected chi connectivity index (χ0v) is 19.5. The lowest BCUT2D eigenvalue weighted by Crippen LogP contribution is -2.30. The molecule has 1 heterocycles. The number of nitrogens with zero attached hydrogens (tertiary/aromatic N) is 2. The lowest BCUT2D eigenvalue weighted by atomic mass is 10.1. The third kappa shape index (κ3) is 5.46. The summed E-state index contributed by atoms with van der Waals surface area (Å²) in [6.07, 6.45) is 0.983. The number of nitrogens with one attached hydrogen (secondary N) is 1. The summed E-state index contributed by atoms with van der Waals surface area (Å²) < 4.78 is 20.6. The fraction of sp³-hybridized carbons (Fsp3) is 0.269. The molecule has 0 bridgehead atoms. The first-order valence-electron chi connectivity index (χ1n) is 10.9. The van der Waals surface area contributed by atoms with Gasteiger partial charge in [-0.25, -0.2) is 4.39 Å². The number of hydrogen-bond donors (Lipinski definition) is 1. The number of amides is 1. The normalized spacial score (nSPS) is 15.5. The van der Waals surface area contributed by atoms with Crippen molar-refractivity contribution in [2.75, 3.05) is 37.0 Å². The monoisotopic (exact) mass is 467 g/mol. The van der Waals surface area contributed by atoms with Gasteiger partial charge in [0.15, 0.2) is 0 Å². The SMILES string of the molecule is CNC1CCN(c2ccc(N(C)C(=O)c3ccc(COc4ccc(Cl)cc4)cc3)cc2F)C1. The molecule has 172 valence electrons. The second kappa shape index (κ2) is 10.2. The summed E-state index contributed by atoms with van der Waals surface area (Å²) in [5, 5.41) is 3.89. The van der Waals surface area contributed by atoms with Crippen LogP contribution in [0, 0.1) is 5.82 Å². The van der Waals surface area contributed by atoms with Crippen LogP contribution < -0.4 is 19.9 Å². The molecule has 1 aliphatic rings.